The van der Waals surface area contributed by atoms with Gasteiger partial charge in [0.25, 0.3) is 0 Å². The van der Waals surface area contributed by atoms with Crippen LogP contribution in [0.5, 0.6) is 0 Å². The first-order valence-corrected chi connectivity index (χ1v) is 6.55. The van der Waals surface area contributed by atoms with Crippen LogP contribution in [-0.2, 0) is 6.54 Å². The highest BCUT2D eigenvalue weighted by atomic mass is 79.9. The molecule has 96 valence electrons. The van der Waals surface area contributed by atoms with E-state index in [1.807, 2.05) is 30.1 Å². The number of nitrogens with zero attached hydrogens (tertiary/aromatic N) is 2. The summed E-state index contributed by atoms with van der Waals surface area (Å²) in [5, 5.41) is 8.88. The zero-order chi connectivity index (χ0) is 13.8. The molecule has 4 heteroatoms. The lowest BCUT2D eigenvalue weighted by Gasteiger charge is -2.20. The zero-order valence-electron chi connectivity index (χ0n) is 10.4. The Balaban J connectivity index is 2.21. The zero-order valence-corrected chi connectivity index (χ0v) is 12.0. The highest BCUT2D eigenvalue weighted by molar-refractivity contribution is 9.10. The van der Waals surface area contributed by atoms with Crippen molar-refractivity contribution >= 4 is 21.6 Å². The average molecular weight is 319 g/mol. The van der Waals surface area contributed by atoms with E-state index in [0.29, 0.717) is 17.7 Å². The van der Waals surface area contributed by atoms with E-state index in [9.17, 15) is 4.39 Å². The molecule has 19 heavy (non-hydrogen) atoms. The smallest absolute Gasteiger partial charge is 0.128 e. The third-order valence-electron chi connectivity index (χ3n) is 2.88. The molecule has 0 atom stereocenters. The van der Waals surface area contributed by atoms with Crippen molar-refractivity contribution in [1.82, 2.24) is 0 Å². The van der Waals surface area contributed by atoms with Gasteiger partial charge >= 0.3 is 0 Å². The van der Waals surface area contributed by atoms with Gasteiger partial charge < -0.3 is 4.90 Å². The van der Waals surface area contributed by atoms with Crippen molar-refractivity contribution in [2.75, 3.05) is 11.9 Å². The Morgan fingerprint density at radius 2 is 2.00 bits per heavy atom. The average Bonchev–Trinajstić information content (AvgIpc) is 2.41. The summed E-state index contributed by atoms with van der Waals surface area (Å²) in [5.74, 6) is -0.206. The van der Waals surface area contributed by atoms with Crippen LogP contribution in [0, 0.1) is 17.1 Å². The van der Waals surface area contributed by atoms with Gasteiger partial charge in [0.2, 0.25) is 0 Å². The van der Waals surface area contributed by atoms with Gasteiger partial charge in [0.1, 0.15) is 11.9 Å². The number of anilines is 1. The van der Waals surface area contributed by atoms with Crippen LogP contribution in [0.3, 0.4) is 0 Å². The molecule has 2 nitrogen and oxygen atoms in total. The Morgan fingerprint density at radius 3 is 2.63 bits per heavy atom. The Bertz CT molecular complexity index is 634. The van der Waals surface area contributed by atoms with Crippen molar-refractivity contribution in [3.63, 3.8) is 0 Å². The number of halogens is 2. The summed E-state index contributed by atoms with van der Waals surface area (Å²) in [6.45, 7) is 0.477. The summed E-state index contributed by atoms with van der Waals surface area (Å²) in [4.78, 5) is 1.93. The molecule has 0 heterocycles. The summed E-state index contributed by atoms with van der Waals surface area (Å²) in [6, 6.07) is 14.3. The largest absolute Gasteiger partial charge is 0.370 e. The van der Waals surface area contributed by atoms with Gasteiger partial charge in [0, 0.05) is 29.3 Å². The van der Waals surface area contributed by atoms with Crippen LogP contribution >= 0.6 is 15.9 Å². The fourth-order valence-corrected chi connectivity index (χ4v) is 2.26. The van der Waals surface area contributed by atoms with Gasteiger partial charge in [0.15, 0.2) is 0 Å². The normalized spacial score (nSPS) is 10.0. The van der Waals surface area contributed by atoms with Crippen molar-refractivity contribution in [1.29, 1.82) is 5.26 Å². The molecule has 0 aliphatic carbocycles. The molecule has 2 aromatic rings. The van der Waals surface area contributed by atoms with E-state index in [1.165, 1.54) is 6.07 Å². The number of hydrogen-bond acceptors (Lipinski definition) is 2. The molecule has 0 amide bonds. The molecule has 2 rings (SSSR count). The lowest BCUT2D eigenvalue weighted by molar-refractivity contribution is 0.608. The molecule has 0 spiro atoms. The first-order chi connectivity index (χ1) is 9.11. The monoisotopic (exact) mass is 318 g/mol. The summed E-state index contributed by atoms with van der Waals surface area (Å²) >= 11 is 3.35. The van der Waals surface area contributed by atoms with Gasteiger partial charge in [-0.15, -0.1) is 0 Å². The predicted octanol–water partition coefficient (Wildman–Crippen LogP) is 4.10. The molecule has 0 saturated heterocycles. The highest BCUT2D eigenvalue weighted by Crippen LogP contribution is 2.24. The molecule has 0 aromatic heterocycles. The number of hydrogen-bond donors (Lipinski definition) is 0. The third kappa shape index (κ3) is 3.12. The van der Waals surface area contributed by atoms with Gasteiger partial charge in [-0.2, -0.15) is 5.26 Å². The second kappa shape index (κ2) is 5.85. The third-order valence-corrected chi connectivity index (χ3v) is 3.54. The topological polar surface area (TPSA) is 27.0 Å². The van der Waals surface area contributed by atoms with Crippen LogP contribution in [0.1, 0.15) is 11.1 Å². The van der Waals surface area contributed by atoms with Crippen molar-refractivity contribution < 1.29 is 4.39 Å². The molecule has 0 aliphatic heterocycles. The summed E-state index contributed by atoms with van der Waals surface area (Å²) in [6.07, 6.45) is 0. The highest BCUT2D eigenvalue weighted by Gasteiger charge is 2.08. The van der Waals surface area contributed by atoms with Gasteiger partial charge in [-0.25, -0.2) is 4.39 Å². The van der Waals surface area contributed by atoms with Crippen LogP contribution in [0.25, 0.3) is 0 Å². The molecule has 0 saturated carbocycles. The van der Waals surface area contributed by atoms with Crippen molar-refractivity contribution in [3.8, 4) is 6.07 Å². The number of nitriles is 1. The van der Waals surface area contributed by atoms with E-state index < -0.39 is 0 Å². The fourth-order valence-electron chi connectivity index (χ4n) is 1.81. The first-order valence-electron chi connectivity index (χ1n) is 5.76. The Hall–Kier alpha value is -1.86. The molecule has 0 unspecified atom stereocenters. The lowest BCUT2D eigenvalue weighted by Crippen LogP contribution is -2.17. The van der Waals surface area contributed by atoms with Crippen LogP contribution in [0.4, 0.5) is 10.1 Å². The molecule has 0 radical (unpaired) electrons. The molecule has 0 bridgehead atoms. The van der Waals surface area contributed by atoms with Gasteiger partial charge in [-0.1, -0.05) is 18.2 Å². The summed E-state index contributed by atoms with van der Waals surface area (Å²) in [7, 11) is 1.89. The van der Waals surface area contributed by atoms with Crippen LogP contribution in [0.15, 0.2) is 46.9 Å². The van der Waals surface area contributed by atoms with Gasteiger partial charge in [-0.3, -0.25) is 0 Å². The minimum Gasteiger partial charge on any atom is -0.370 e. The molecule has 0 aliphatic rings. The maximum absolute atomic E-state index is 13.6. The lowest BCUT2D eigenvalue weighted by atomic mass is 10.1. The van der Waals surface area contributed by atoms with Crippen molar-refractivity contribution in [2.24, 2.45) is 0 Å². The Labute approximate surface area is 120 Å². The fraction of sp³-hybridized carbons (Fsp3) is 0.133. The minimum absolute atomic E-state index is 0.206. The molecular formula is C15H12BrFN2. The van der Waals surface area contributed by atoms with Crippen molar-refractivity contribution in [3.05, 3.63) is 63.9 Å². The minimum atomic E-state index is -0.206. The van der Waals surface area contributed by atoms with E-state index in [-0.39, 0.29) is 5.82 Å². The SMILES string of the molecule is CN(Cc1ccccc1F)c1ccc(C#N)c(Br)c1. The van der Waals surface area contributed by atoms with E-state index >= 15 is 0 Å². The predicted molar refractivity (Wildman–Crippen MR) is 77.4 cm³/mol. The Morgan fingerprint density at radius 1 is 1.26 bits per heavy atom. The van der Waals surface area contributed by atoms with E-state index in [2.05, 4.69) is 22.0 Å². The Kier molecular flexibility index (Phi) is 4.18. The summed E-state index contributed by atoms with van der Waals surface area (Å²) in [5.41, 5.74) is 2.16. The summed E-state index contributed by atoms with van der Waals surface area (Å²) < 4.78 is 14.3. The quantitative estimate of drug-likeness (QED) is 0.852. The number of rotatable bonds is 3. The standard InChI is InChI=1S/C15H12BrFN2/c1-19(10-12-4-2-3-5-15(12)17)13-7-6-11(9-18)14(16)8-13/h2-8H,10H2,1H3. The van der Waals surface area contributed by atoms with Gasteiger partial charge in [0.05, 0.1) is 5.56 Å². The number of benzene rings is 2. The molecule has 0 fully saturated rings. The first kappa shape index (κ1) is 13.6. The molecule has 2 aromatic carbocycles. The maximum atomic E-state index is 13.6. The van der Waals surface area contributed by atoms with Crippen LogP contribution in [0.2, 0.25) is 0 Å². The molecule has 0 N–H and O–H groups in total. The van der Waals surface area contributed by atoms with E-state index in [1.54, 1.807) is 18.2 Å². The van der Waals surface area contributed by atoms with Crippen LogP contribution < -0.4 is 4.90 Å². The van der Waals surface area contributed by atoms with E-state index in [0.717, 1.165) is 10.2 Å². The second-order valence-electron chi connectivity index (χ2n) is 4.22. The van der Waals surface area contributed by atoms with Gasteiger partial charge in [-0.05, 0) is 40.2 Å². The molecular weight excluding hydrogens is 307 g/mol. The maximum Gasteiger partial charge on any atom is 0.128 e. The van der Waals surface area contributed by atoms with E-state index in [4.69, 9.17) is 5.26 Å². The van der Waals surface area contributed by atoms with Crippen LogP contribution in [-0.4, -0.2) is 7.05 Å². The second-order valence-corrected chi connectivity index (χ2v) is 5.08. The van der Waals surface area contributed by atoms with Crippen molar-refractivity contribution in [2.45, 2.75) is 6.54 Å².